The van der Waals surface area contributed by atoms with E-state index in [1.165, 1.54) is 12.1 Å². The lowest BCUT2D eigenvalue weighted by molar-refractivity contribution is 0.0471. The Balaban J connectivity index is 2.16. The lowest BCUT2D eigenvalue weighted by Gasteiger charge is -2.11. The molecule has 0 aromatic heterocycles. The van der Waals surface area contributed by atoms with Crippen molar-refractivity contribution in [3.8, 4) is 0 Å². The SMILES string of the molecule is Cc1c(C(=O)OCc2ccccc2)ccc(C(=O)O)c1N. The minimum atomic E-state index is -1.13. The molecule has 0 heterocycles. The van der Waals surface area contributed by atoms with E-state index < -0.39 is 11.9 Å². The van der Waals surface area contributed by atoms with E-state index in [-0.39, 0.29) is 23.4 Å². The van der Waals surface area contributed by atoms with Crippen molar-refractivity contribution in [2.24, 2.45) is 0 Å². The van der Waals surface area contributed by atoms with Crippen LogP contribution in [0.1, 0.15) is 31.8 Å². The van der Waals surface area contributed by atoms with E-state index in [0.717, 1.165) is 5.56 Å². The molecule has 5 heteroatoms. The summed E-state index contributed by atoms with van der Waals surface area (Å²) in [4.78, 5) is 23.0. The normalized spacial score (nSPS) is 10.1. The average Bonchev–Trinajstić information content (AvgIpc) is 2.48. The Morgan fingerprint density at radius 3 is 2.33 bits per heavy atom. The number of hydrogen-bond acceptors (Lipinski definition) is 4. The van der Waals surface area contributed by atoms with Crippen molar-refractivity contribution in [2.45, 2.75) is 13.5 Å². The average molecular weight is 285 g/mol. The van der Waals surface area contributed by atoms with Gasteiger partial charge in [-0.15, -0.1) is 0 Å². The van der Waals surface area contributed by atoms with E-state index in [1.807, 2.05) is 30.3 Å². The molecular weight excluding hydrogens is 270 g/mol. The molecule has 2 aromatic rings. The molecule has 0 atom stereocenters. The number of carboxylic acid groups (broad SMARTS) is 1. The van der Waals surface area contributed by atoms with Crippen LogP contribution in [-0.2, 0) is 11.3 Å². The lowest BCUT2D eigenvalue weighted by Crippen LogP contribution is -2.11. The Morgan fingerprint density at radius 2 is 1.71 bits per heavy atom. The highest BCUT2D eigenvalue weighted by Crippen LogP contribution is 2.22. The van der Waals surface area contributed by atoms with Gasteiger partial charge in [0.15, 0.2) is 0 Å². The van der Waals surface area contributed by atoms with Gasteiger partial charge in [0, 0.05) is 5.69 Å². The molecule has 2 aromatic carbocycles. The van der Waals surface area contributed by atoms with Gasteiger partial charge in [0.1, 0.15) is 6.61 Å². The first kappa shape index (κ1) is 14.6. The Hall–Kier alpha value is -2.82. The number of carbonyl (C=O) groups is 2. The molecule has 0 radical (unpaired) electrons. The standard InChI is InChI=1S/C16H15NO4/c1-10-12(7-8-13(14(10)17)15(18)19)16(20)21-9-11-5-3-2-4-6-11/h2-8H,9,17H2,1H3,(H,18,19). The van der Waals surface area contributed by atoms with Gasteiger partial charge in [-0.2, -0.15) is 0 Å². The second-order valence-electron chi connectivity index (χ2n) is 4.57. The molecule has 0 aliphatic heterocycles. The van der Waals surface area contributed by atoms with Crippen molar-refractivity contribution in [2.75, 3.05) is 5.73 Å². The largest absolute Gasteiger partial charge is 0.478 e. The van der Waals surface area contributed by atoms with E-state index in [9.17, 15) is 9.59 Å². The number of esters is 1. The smallest absolute Gasteiger partial charge is 0.338 e. The van der Waals surface area contributed by atoms with Gasteiger partial charge >= 0.3 is 11.9 Å². The van der Waals surface area contributed by atoms with Crippen molar-refractivity contribution in [3.63, 3.8) is 0 Å². The predicted octanol–water partition coefficient (Wildman–Crippen LogP) is 2.63. The van der Waals surface area contributed by atoms with Gasteiger partial charge in [0.2, 0.25) is 0 Å². The Morgan fingerprint density at radius 1 is 1.10 bits per heavy atom. The summed E-state index contributed by atoms with van der Waals surface area (Å²) in [6.07, 6.45) is 0. The number of anilines is 1. The van der Waals surface area contributed by atoms with Gasteiger partial charge in [0.05, 0.1) is 11.1 Å². The number of aromatic carboxylic acids is 1. The monoisotopic (exact) mass is 285 g/mol. The van der Waals surface area contributed by atoms with Crippen LogP contribution >= 0.6 is 0 Å². The van der Waals surface area contributed by atoms with Crippen LogP contribution in [0.4, 0.5) is 5.69 Å². The molecule has 0 fully saturated rings. The van der Waals surface area contributed by atoms with Crippen LogP contribution in [0, 0.1) is 6.92 Å². The molecule has 0 saturated heterocycles. The summed E-state index contributed by atoms with van der Waals surface area (Å²) in [5, 5.41) is 8.98. The summed E-state index contributed by atoms with van der Waals surface area (Å²) in [6.45, 7) is 1.75. The van der Waals surface area contributed by atoms with Gasteiger partial charge in [-0.1, -0.05) is 30.3 Å². The summed E-state index contributed by atoms with van der Waals surface area (Å²) in [5.74, 6) is -1.65. The molecule has 5 nitrogen and oxygen atoms in total. The van der Waals surface area contributed by atoms with Crippen LogP contribution in [-0.4, -0.2) is 17.0 Å². The van der Waals surface area contributed by atoms with E-state index in [4.69, 9.17) is 15.6 Å². The van der Waals surface area contributed by atoms with Crippen molar-refractivity contribution < 1.29 is 19.4 Å². The molecule has 0 aliphatic rings. The summed E-state index contributed by atoms with van der Waals surface area (Å²) in [7, 11) is 0. The first-order valence-corrected chi connectivity index (χ1v) is 6.34. The number of carboxylic acids is 1. The van der Waals surface area contributed by atoms with Crippen LogP contribution in [0.15, 0.2) is 42.5 Å². The third kappa shape index (κ3) is 3.20. The molecule has 0 spiro atoms. The second-order valence-corrected chi connectivity index (χ2v) is 4.57. The number of nitrogens with two attached hydrogens (primary N) is 1. The van der Waals surface area contributed by atoms with Crippen LogP contribution in [0.5, 0.6) is 0 Å². The minimum Gasteiger partial charge on any atom is -0.478 e. The van der Waals surface area contributed by atoms with Crippen LogP contribution in [0.3, 0.4) is 0 Å². The van der Waals surface area contributed by atoms with Gasteiger partial charge in [-0.3, -0.25) is 0 Å². The Bertz CT molecular complexity index is 680. The van der Waals surface area contributed by atoms with E-state index in [0.29, 0.717) is 5.56 Å². The van der Waals surface area contributed by atoms with Crippen LogP contribution in [0.2, 0.25) is 0 Å². The number of nitrogen functional groups attached to an aromatic ring is 1. The maximum Gasteiger partial charge on any atom is 0.338 e. The van der Waals surface area contributed by atoms with Crippen molar-refractivity contribution in [3.05, 3.63) is 64.7 Å². The Kier molecular flexibility index (Phi) is 4.23. The quantitative estimate of drug-likeness (QED) is 0.665. The minimum absolute atomic E-state index is 0.0212. The highest BCUT2D eigenvalue weighted by molar-refractivity contribution is 5.99. The molecule has 0 bridgehead atoms. The molecular formula is C16H15NO4. The lowest BCUT2D eigenvalue weighted by atomic mass is 10.0. The summed E-state index contributed by atoms with van der Waals surface area (Å²) < 4.78 is 5.21. The number of benzene rings is 2. The fourth-order valence-corrected chi connectivity index (χ4v) is 1.94. The van der Waals surface area contributed by atoms with E-state index >= 15 is 0 Å². The summed E-state index contributed by atoms with van der Waals surface area (Å²) in [5.41, 5.74) is 7.36. The van der Waals surface area contributed by atoms with Crippen LogP contribution < -0.4 is 5.73 Å². The third-order valence-corrected chi connectivity index (χ3v) is 3.18. The predicted molar refractivity (Wildman–Crippen MR) is 78.1 cm³/mol. The molecule has 0 unspecified atom stereocenters. The topological polar surface area (TPSA) is 89.6 Å². The van der Waals surface area contributed by atoms with Gasteiger partial charge in [-0.25, -0.2) is 9.59 Å². The number of hydrogen-bond donors (Lipinski definition) is 2. The second kappa shape index (κ2) is 6.09. The molecule has 3 N–H and O–H groups in total. The van der Waals surface area contributed by atoms with Crippen molar-refractivity contribution in [1.29, 1.82) is 0 Å². The molecule has 108 valence electrons. The zero-order valence-electron chi connectivity index (χ0n) is 11.5. The van der Waals surface area contributed by atoms with Gasteiger partial charge in [0.25, 0.3) is 0 Å². The first-order valence-electron chi connectivity index (χ1n) is 6.34. The summed E-state index contributed by atoms with van der Waals surface area (Å²) in [6, 6.07) is 12.0. The zero-order chi connectivity index (χ0) is 15.4. The van der Waals surface area contributed by atoms with Crippen molar-refractivity contribution >= 4 is 17.6 Å². The molecule has 0 aliphatic carbocycles. The fraction of sp³-hybridized carbons (Fsp3) is 0.125. The van der Waals surface area contributed by atoms with Gasteiger partial charge in [-0.05, 0) is 30.2 Å². The maximum absolute atomic E-state index is 12.0. The number of rotatable bonds is 4. The van der Waals surface area contributed by atoms with Gasteiger partial charge < -0.3 is 15.6 Å². The highest BCUT2D eigenvalue weighted by atomic mass is 16.5. The molecule has 0 saturated carbocycles. The molecule has 0 amide bonds. The Labute approximate surface area is 122 Å². The first-order chi connectivity index (χ1) is 10.0. The van der Waals surface area contributed by atoms with Crippen LogP contribution in [0.25, 0.3) is 0 Å². The van der Waals surface area contributed by atoms with Crippen molar-refractivity contribution in [1.82, 2.24) is 0 Å². The molecule has 2 rings (SSSR count). The third-order valence-electron chi connectivity index (χ3n) is 3.18. The number of ether oxygens (including phenoxy) is 1. The van der Waals surface area contributed by atoms with E-state index in [1.54, 1.807) is 6.92 Å². The highest BCUT2D eigenvalue weighted by Gasteiger charge is 2.17. The fourth-order valence-electron chi connectivity index (χ4n) is 1.94. The maximum atomic E-state index is 12.0. The van der Waals surface area contributed by atoms with E-state index in [2.05, 4.69) is 0 Å². The molecule has 21 heavy (non-hydrogen) atoms. The number of carbonyl (C=O) groups excluding carboxylic acids is 1. The zero-order valence-corrected chi connectivity index (χ0v) is 11.5. The summed E-state index contributed by atoms with van der Waals surface area (Å²) >= 11 is 0.